The minimum atomic E-state index is -0.296. The molecule has 2 aliphatic rings. The van der Waals surface area contributed by atoms with Crippen molar-refractivity contribution in [3.05, 3.63) is 83.2 Å². The summed E-state index contributed by atoms with van der Waals surface area (Å²) in [6.45, 7) is 5.53. The maximum absolute atomic E-state index is 12.8. The number of nitrogens with one attached hydrogen (secondary N) is 3. The van der Waals surface area contributed by atoms with Crippen molar-refractivity contribution >= 4 is 41.2 Å². The number of piperidine rings is 2. The number of carbonyl (C=O) groups excluding carboxylic acids is 3. The number of likely N-dealkylation sites (tertiary alicyclic amines) is 1. The third-order valence-electron chi connectivity index (χ3n) is 9.02. The van der Waals surface area contributed by atoms with Crippen molar-refractivity contribution in [3.63, 3.8) is 0 Å². The molecule has 6 rings (SSSR count). The molecule has 7 N–H and O–H groups in total. The van der Waals surface area contributed by atoms with E-state index in [0.29, 0.717) is 60.3 Å². The highest BCUT2D eigenvalue weighted by molar-refractivity contribution is 6.13. The minimum absolute atomic E-state index is 0.101. The smallest absolute Gasteiger partial charge is 0.409 e. The first kappa shape index (κ1) is 39.2. The highest BCUT2D eigenvalue weighted by Crippen LogP contribution is 2.25. The van der Waals surface area contributed by atoms with Gasteiger partial charge in [-0.15, -0.1) is 0 Å². The molecule has 16 nitrogen and oxygen atoms in total. The van der Waals surface area contributed by atoms with Crippen LogP contribution in [0.1, 0.15) is 70.9 Å². The number of carbonyl (C=O) groups is 3. The number of aromatic nitrogens is 4. The molecular weight excluding hydrogens is 692 g/mol. The predicted molar refractivity (Wildman–Crippen MR) is 205 cm³/mol. The summed E-state index contributed by atoms with van der Waals surface area (Å²) in [6.07, 6.45) is 6.93. The fourth-order valence-corrected chi connectivity index (χ4v) is 6.05. The van der Waals surface area contributed by atoms with E-state index < -0.39 is 0 Å². The van der Waals surface area contributed by atoms with Gasteiger partial charge >= 0.3 is 6.09 Å². The molecule has 2 aromatic heterocycles. The lowest BCUT2D eigenvalue weighted by molar-refractivity contribution is 0.0938. The number of nitrogen functional groups attached to an aromatic ring is 2. The zero-order valence-corrected chi connectivity index (χ0v) is 30.8. The predicted octanol–water partition coefficient (Wildman–Crippen LogP) is 4.18. The van der Waals surface area contributed by atoms with Crippen molar-refractivity contribution in [1.29, 1.82) is 0 Å². The number of para-hydroxylation sites is 2. The van der Waals surface area contributed by atoms with Gasteiger partial charge in [0.05, 0.1) is 43.1 Å². The Kier molecular flexibility index (Phi) is 13.9. The molecule has 4 aromatic rings. The SMILES string of the molecule is CCCOC(=O)N1CCC(Nc2ncc(C(=O)c3ccccc3OC)c(N)n2)CC1.COc1ccccc1C(=O)c1cnc(NC2CCNCC2)nc1N. The van der Waals surface area contributed by atoms with Gasteiger partial charge in [-0.1, -0.05) is 31.2 Å². The lowest BCUT2D eigenvalue weighted by Gasteiger charge is -2.31. The number of nitrogens with two attached hydrogens (primary N) is 2. The van der Waals surface area contributed by atoms with E-state index in [-0.39, 0.29) is 46.5 Å². The second-order valence-corrected chi connectivity index (χ2v) is 12.7. The summed E-state index contributed by atoms with van der Waals surface area (Å²) in [4.78, 5) is 56.1. The summed E-state index contributed by atoms with van der Waals surface area (Å²) in [7, 11) is 3.03. The number of anilines is 4. The van der Waals surface area contributed by atoms with Crippen LogP contribution in [0.5, 0.6) is 11.5 Å². The number of methoxy groups -OCH3 is 2. The topological polar surface area (TPSA) is 222 Å². The molecular formula is C38H48N10O6. The van der Waals surface area contributed by atoms with Gasteiger partial charge in [-0.05, 0) is 69.5 Å². The van der Waals surface area contributed by atoms with Gasteiger partial charge in [0.15, 0.2) is 0 Å². The lowest BCUT2D eigenvalue weighted by Crippen LogP contribution is -2.42. The molecule has 0 atom stereocenters. The summed E-state index contributed by atoms with van der Waals surface area (Å²) in [5.41, 5.74) is 13.4. The van der Waals surface area contributed by atoms with Crippen molar-refractivity contribution in [2.75, 3.05) is 69.1 Å². The molecule has 0 saturated carbocycles. The number of nitrogens with zero attached hydrogens (tertiary/aromatic N) is 5. The zero-order chi connectivity index (χ0) is 38.5. The second kappa shape index (κ2) is 19.2. The molecule has 2 fully saturated rings. The first-order chi connectivity index (χ1) is 26.2. The summed E-state index contributed by atoms with van der Waals surface area (Å²) in [5.74, 6) is 1.49. The highest BCUT2D eigenvalue weighted by Gasteiger charge is 2.25. The average Bonchev–Trinajstić information content (AvgIpc) is 3.20. The molecule has 0 bridgehead atoms. The van der Waals surface area contributed by atoms with Crippen molar-refractivity contribution in [1.82, 2.24) is 30.2 Å². The second-order valence-electron chi connectivity index (χ2n) is 12.7. The van der Waals surface area contributed by atoms with Gasteiger partial charge in [0.25, 0.3) is 0 Å². The minimum Gasteiger partial charge on any atom is -0.496 e. The molecule has 2 aromatic carbocycles. The third kappa shape index (κ3) is 10.1. The molecule has 286 valence electrons. The van der Waals surface area contributed by atoms with Gasteiger partial charge in [0.1, 0.15) is 23.1 Å². The normalized spacial score (nSPS) is 14.6. The highest BCUT2D eigenvalue weighted by atomic mass is 16.6. The number of hydrogen-bond acceptors (Lipinski definition) is 15. The molecule has 0 unspecified atom stereocenters. The number of ketones is 2. The van der Waals surface area contributed by atoms with Crippen LogP contribution < -0.4 is 36.9 Å². The van der Waals surface area contributed by atoms with E-state index in [4.69, 9.17) is 25.7 Å². The van der Waals surface area contributed by atoms with E-state index in [2.05, 4.69) is 35.9 Å². The molecule has 2 saturated heterocycles. The Morgan fingerprint density at radius 1 is 0.741 bits per heavy atom. The number of hydrogen-bond donors (Lipinski definition) is 5. The van der Waals surface area contributed by atoms with Gasteiger partial charge in [0.2, 0.25) is 23.5 Å². The van der Waals surface area contributed by atoms with Crippen LogP contribution >= 0.6 is 0 Å². The summed E-state index contributed by atoms with van der Waals surface area (Å²) < 4.78 is 15.7. The van der Waals surface area contributed by atoms with E-state index in [9.17, 15) is 14.4 Å². The summed E-state index contributed by atoms with van der Waals surface area (Å²) in [6, 6.07) is 14.4. The average molecular weight is 741 g/mol. The van der Waals surface area contributed by atoms with Crippen LogP contribution in [0.2, 0.25) is 0 Å². The van der Waals surface area contributed by atoms with Crippen molar-refractivity contribution < 1.29 is 28.6 Å². The Labute approximate surface area is 314 Å². The van der Waals surface area contributed by atoms with E-state index in [1.165, 1.54) is 26.6 Å². The Balaban J connectivity index is 0.000000213. The molecule has 54 heavy (non-hydrogen) atoms. The van der Waals surface area contributed by atoms with E-state index in [1.807, 2.05) is 13.0 Å². The van der Waals surface area contributed by atoms with Crippen LogP contribution in [-0.2, 0) is 4.74 Å². The van der Waals surface area contributed by atoms with Crippen LogP contribution in [0.15, 0.2) is 60.9 Å². The molecule has 1 amide bonds. The Morgan fingerprint density at radius 2 is 1.20 bits per heavy atom. The lowest BCUT2D eigenvalue weighted by atomic mass is 10.0. The van der Waals surface area contributed by atoms with Gasteiger partial charge in [0, 0.05) is 37.6 Å². The van der Waals surface area contributed by atoms with Crippen molar-refractivity contribution in [2.45, 2.75) is 51.1 Å². The van der Waals surface area contributed by atoms with E-state index in [1.54, 1.807) is 47.4 Å². The Hall–Kier alpha value is -6.03. The van der Waals surface area contributed by atoms with Gasteiger partial charge in [-0.2, -0.15) is 9.97 Å². The largest absolute Gasteiger partial charge is 0.496 e. The molecule has 4 heterocycles. The van der Waals surface area contributed by atoms with E-state index in [0.717, 1.165) is 45.2 Å². The van der Waals surface area contributed by atoms with Crippen molar-refractivity contribution in [2.24, 2.45) is 0 Å². The standard InChI is InChI=1S/C21H27N5O4.C17H21N5O2/c1-3-12-30-21(28)26-10-8-14(9-11-26)24-20-23-13-16(19(22)25-20)18(27)15-6-4-5-7-17(15)29-2;1-24-14-5-3-2-4-12(14)15(23)13-10-20-17(22-16(13)18)21-11-6-8-19-9-7-11/h4-7,13-14H,3,8-12H2,1-2H3,(H3,22,23,24,25);2-5,10-11,19H,6-9H2,1H3,(H3,18,20,21,22). The molecule has 2 aliphatic heterocycles. The number of amides is 1. The third-order valence-corrected chi connectivity index (χ3v) is 9.02. The molecule has 0 spiro atoms. The van der Waals surface area contributed by atoms with Crippen LogP contribution in [-0.4, -0.2) is 102 Å². The Bertz CT molecular complexity index is 1900. The van der Waals surface area contributed by atoms with Gasteiger partial charge in [-0.25, -0.2) is 14.8 Å². The maximum Gasteiger partial charge on any atom is 0.409 e. The molecule has 0 aliphatic carbocycles. The fourth-order valence-electron chi connectivity index (χ4n) is 6.05. The van der Waals surface area contributed by atoms with Crippen LogP contribution in [0.4, 0.5) is 28.3 Å². The Morgan fingerprint density at radius 3 is 1.65 bits per heavy atom. The zero-order valence-electron chi connectivity index (χ0n) is 30.8. The number of benzene rings is 2. The van der Waals surface area contributed by atoms with Gasteiger partial charge < -0.3 is 46.5 Å². The quantitative estimate of drug-likeness (QED) is 0.129. The summed E-state index contributed by atoms with van der Waals surface area (Å²) in [5, 5.41) is 9.81. The molecule has 16 heteroatoms. The monoisotopic (exact) mass is 740 g/mol. The first-order valence-electron chi connectivity index (χ1n) is 18.0. The van der Waals surface area contributed by atoms with Gasteiger partial charge in [-0.3, -0.25) is 9.59 Å². The molecule has 0 radical (unpaired) electrons. The maximum atomic E-state index is 12.8. The number of rotatable bonds is 12. The van der Waals surface area contributed by atoms with Crippen molar-refractivity contribution in [3.8, 4) is 11.5 Å². The summed E-state index contributed by atoms with van der Waals surface area (Å²) >= 11 is 0. The van der Waals surface area contributed by atoms with Crippen LogP contribution in [0, 0.1) is 0 Å². The fraction of sp³-hybridized carbons (Fsp3) is 0.395. The number of ether oxygens (including phenoxy) is 3. The van der Waals surface area contributed by atoms with Crippen LogP contribution in [0.25, 0.3) is 0 Å². The van der Waals surface area contributed by atoms with E-state index >= 15 is 0 Å². The van der Waals surface area contributed by atoms with Crippen LogP contribution in [0.3, 0.4) is 0 Å². The first-order valence-corrected chi connectivity index (χ1v) is 18.0.